The van der Waals surface area contributed by atoms with E-state index in [0.29, 0.717) is 6.04 Å². The molecule has 4 rings (SSSR count). The van der Waals surface area contributed by atoms with Crippen molar-refractivity contribution in [3.8, 4) is 0 Å². The van der Waals surface area contributed by atoms with Crippen LogP contribution in [-0.2, 0) is 11.5 Å². The number of rotatable bonds is 5. The summed E-state index contributed by atoms with van der Waals surface area (Å²) in [7, 11) is 0. The van der Waals surface area contributed by atoms with Gasteiger partial charge in [-0.1, -0.05) is 6.07 Å². The highest BCUT2D eigenvalue weighted by Crippen LogP contribution is 2.35. The SMILES string of the molecule is Cc1cccn2cc(CSCc3nnnn3C3CC3)nc12. The molecule has 0 unspecified atom stereocenters. The fraction of sp³-hybridized carbons (Fsp3) is 0.429. The third-order valence-electron chi connectivity index (χ3n) is 3.66. The molecule has 7 heteroatoms. The Labute approximate surface area is 126 Å². The van der Waals surface area contributed by atoms with Crippen LogP contribution in [0.4, 0.5) is 0 Å². The first-order valence-electron chi connectivity index (χ1n) is 7.09. The zero-order valence-electron chi connectivity index (χ0n) is 11.8. The second kappa shape index (κ2) is 5.14. The normalized spacial score (nSPS) is 14.9. The maximum atomic E-state index is 4.68. The Morgan fingerprint density at radius 3 is 3.05 bits per heavy atom. The lowest BCUT2D eigenvalue weighted by atomic mass is 10.3. The number of aryl methyl sites for hydroxylation is 1. The Hall–Kier alpha value is -1.89. The summed E-state index contributed by atoms with van der Waals surface area (Å²) in [5.41, 5.74) is 3.34. The van der Waals surface area contributed by atoms with Crippen LogP contribution in [-0.4, -0.2) is 29.6 Å². The van der Waals surface area contributed by atoms with Gasteiger partial charge in [0.15, 0.2) is 5.82 Å². The lowest BCUT2D eigenvalue weighted by Gasteiger charge is -2.01. The summed E-state index contributed by atoms with van der Waals surface area (Å²) in [4.78, 5) is 4.68. The molecule has 3 aromatic rings. The molecule has 108 valence electrons. The maximum absolute atomic E-state index is 4.68. The zero-order chi connectivity index (χ0) is 14.2. The lowest BCUT2D eigenvalue weighted by Crippen LogP contribution is -2.02. The van der Waals surface area contributed by atoms with Gasteiger partial charge in [-0.3, -0.25) is 0 Å². The van der Waals surface area contributed by atoms with Crippen LogP contribution in [0.2, 0.25) is 0 Å². The van der Waals surface area contributed by atoms with Gasteiger partial charge in [-0.2, -0.15) is 0 Å². The average molecular weight is 300 g/mol. The van der Waals surface area contributed by atoms with Crippen LogP contribution in [0.5, 0.6) is 0 Å². The molecule has 3 aromatic heterocycles. The Bertz CT molecular complexity index is 773. The molecule has 1 fully saturated rings. The van der Waals surface area contributed by atoms with Crippen molar-refractivity contribution in [3.05, 3.63) is 41.6 Å². The maximum Gasteiger partial charge on any atom is 0.161 e. The second-order valence-electron chi connectivity index (χ2n) is 5.42. The number of aromatic nitrogens is 6. The van der Waals surface area contributed by atoms with E-state index in [0.717, 1.165) is 28.7 Å². The van der Waals surface area contributed by atoms with E-state index in [9.17, 15) is 0 Å². The van der Waals surface area contributed by atoms with Crippen LogP contribution >= 0.6 is 11.8 Å². The van der Waals surface area contributed by atoms with E-state index >= 15 is 0 Å². The summed E-state index contributed by atoms with van der Waals surface area (Å²) in [5.74, 6) is 2.68. The Balaban J connectivity index is 1.43. The number of tetrazole rings is 1. The van der Waals surface area contributed by atoms with Gasteiger partial charge >= 0.3 is 0 Å². The highest BCUT2D eigenvalue weighted by molar-refractivity contribution is 7.97. The first-order chi connectivity index (χ1) is 10.3. The molecule has 1 aliphatic carbocycles. The summed E-state index contributed by atoms with van der Waals surface area (Å²) in [6.07, 6.45) is 6.54. The predicted molar refractivity (Wildman–Crippen MR) is 81.0 cm³/mol. The standard InChI is InChI=1S/C14H16N6S/c1-10-3-2-6-19-7-11(15-14(10)19)8-21-9-13-16-17-18-20(13)12-4-5-12/h2-3,6-7,12H,4-5,8-9H2,1H3. The van der Waals surface area contributed by atoms with E-state index in [1.54, 1.807) is 11.8 Å². The Morgan fingerprint density at radius 2 is 2.24 bits per heavy atom. The second-order valence-corrected chi connectivity index (χ2v) is 6.40. The molecule has 6 nitrogen and oxygen atoms in total. The Morgan fingerprint density at radius 1 is 1.33 bits per heavy atom. The van der Waals surface area contributed by atoms with Crippen molar-refractivity contribution in [1.82, 2.24) is 29.6 Å². The number of imidazole rings is 1. The van der Waals surface area contributed by atoms with Gasteiger partial charge in [-0.05, 0) is 41.8 Å². The topological polar surface area (TPSA) is 60.9 Å². The van der Waals surface area contributed by atoms with E-state index < -0.39 is 0 Å². The molecule has 3 heterocycles. The molecule has 0 aromatic carbocycles. The van der Waals surface area contributed by atoms with Crippen molar-refractivity contribution in [2.45, 2.75) is 37.3 Å². The first kappa shape index (κ1) is 12.8. The van der Waals surface area contributed by atoms with Crippen molar-refractivity contribution in [2.75, 3.05) is 0 Å². The fourth-order valence-electron chi connectivity index (χ4n) is 2.43. The van der Waals surface area contributed by atoms with Crippen LogP contribution in [0.3, 0.4) is 0 Å². The molecule has 0 N–H and O–H groups in total. The smallest absolute Gasteiger partial charge is 0.161 e. The van der Waals surface area contributed by atoms with Crippen molar-refractivity contribution < 1.29 is 0 Å². The minimum atomic E-state index is 0.536. The summed E-state index contributed by atoms with van der Waals surface area (Å²) >= 11 is 1.81. The van der Waals surface area contributed by atoms with Gasteiger partial charge in [0.1, 0.15) is 5.65 Å². The van der Waals surface area contributed by atoms with Gasteiger partial charge in [0.05, 0.1) is 17.5 Å². The quantitative estimate of drug-likeness (QED) is 0.724. The lowest BCUT2D eigenvalue weighted by molar-refractivity contribution is 0.593. The van der Waals surface area contributed by atoms with Crippen LogP contribution in [0, 0.1) is 6.92 Å². The number of hydrogen-bond donors (Lipinski definition) is 0. The average Bonchev–Trinajstić information content (AvgIpc) is 3.06. The van der Waals surface area contributed by atoms with E-state index in [1.807, 2.05) is 16.9 Å². The minimum Gasteiger partial charge on any atom is -0.307 e. The summed E-state index contributed by atoms with van der Waals surface area (Å²) in [6, 6.07) is 4.67. The molecule has 1 aliphatic rings. The zero-order valence-corrected chi connectivity index (χ0v) is 12.6. The predicted octanol–water partition coefficient (Wildman–Crippen LogP) is 2.40. The van der Waals surface area contributed by atoms with E-state index in [-0.39, 0.29) is 0 Å². The number of nitrogens with zero attached hydrogens (tertiary/aromatic N) is 6. The van der Waals surface area contributed by atoms with Gasteiger partial charge in [0, 0.05) is 18.1 Å². The fourth-order valence-corrected chi connectivity index (χ4v) is 3.25. The summed E-state index contributed by atoms with van der Waals surface area (Å²) in [5, 5.41) is 12.0. The van der Waals surface area contributed by atoms with Gasteiger partial charge in [0.2, 0.25) is 0 Å². The van der Waals surface area contributed by atoms with Gasteiger partial charge in [-0.15, -0.1) is 16.9 Å². The minimum absolute atomic E-state index is 0.536. The van der Waals surface area contributed by atoms with Crippen LogP contribution in [0.15, 0.2) is 24.5 Å². The molecular weight excluding hydrogens is 284 g/mol. The summed E-state index contributed by atoms with van der Waals surface area (Å²) in [6.45, 7) is 2.09. The number of pyridine rings is 1. The highest BCUT2D eigenvalue weighted by atomic mass is 32.2. The molecule has 0 atom stereocenters. The van der Waals surface area contributed by atoms with Gasteiger partial charge < -0.3 is 4.40 Å². The molecule has 0 spiro atoms. The van der Waals surface area contributed by atoms with Crippen LogP contribution in [0.25, 0.3) is 5.65 Å². The van der Waals surface area contributed by atoms with Gasteiger partial charge in [-0.25, -0.2) is 9.67 Å². The molecule has 0 aliphatic heterocycles. The molecule has 0 saturated heterocycles. The largest absolute Gasteiger partial charge is 0.307 e. The molecule has 0 radical (unpaired) electrons. The van der Waals surface area contributed by atoms with Gasteiger partial charge in [0.25, 0.3) is 0 Å². The van der Waals surface area contributed by atoms with Crippen molar-refractivity contribution >= 4 is 17.4 Å². The van der Waals surface area contributed by atoms with Crippen molar-refractivity contribution in [2.24, 2.45) is 0 Å². The highest BCUT2D eigenvalue weighted by Gasteiger charge is 2.27. The van der Waals surface area contributed by atoms with E-state index in [1.165, 1.54) is 18.4 Å². The van der Waals surface area contributed by atoms with Crippen molar-refractivity contribution in [3.63, 3.8) is 0 Å². The Kier molecular flexibility index (Phi) is 3.14. The monoisotopic (exact) mass is 300 g/mol. The molecule has 21 heavy (non-hydrogen) atoms. The van der Waals surface area contributed by atoms with Crippen LogP contribution < -0.4 is 0 Å². The molecule has 0 amide bonds. The molecule has 1 saturated carbocycles. The van der Waals surface area contributed by atoms with Crippen molar-refractivity contribution in [1.29, 1.82) is 0 Å². The van der Waals surface area contributed by atoms with E-state index in [4.69, 9.17) is 0 Å². The van der Waals surface area contributed by atoms with Crippen LogP contribution in [0.1, 0.15) is 36.0 Å². The molecular formula is C14H16N6S. The third-order valence-corrected chi connectivity index (χ3v) is 4.62. The number of thioether (sulfide) groups is 1. The van der Waals surface area contributed by atoms with E-state index in [2.05, 4.69) is 44.1 Å². The number of fused-ring (bicyclic) bond motifs is 1. The number of hydrogen-bond acceptors (Lipinski definition) is 5. The first-order valence-corrected chi connectivity index (χ1v) is 8.24. The molecule has 0 bridgehead atoms. The third kappa shape index (κ3) is 2.53. The summed E-state index contributed by atoms with van der Waals surface area (Å²) < 4.78 is 4.06.